The van der Waals surface area contributed by atoms with Crippen molar-refractivity contribution >= 4 is 6.03 Å². The minimum Gasteiger partial charge on any atom is -0.336 e. The maximum Gasteiger partial charge on any atom is 0.338 e. The molecule has 0 aliphatic carbocycles. The molecule has 2 N–H and O–H groups in total. The summed E-state index contributed by atoms with van der Waals surface area (Å²) in [4.78, 5) is 16.7. The molecule has 2 aromatic rings. The van der Waals surface area contributed by atoms with E-state index >= 15 is 0 Å². The van der Waals surface area contributed by atoms with Gasteiger partial charge >= 0.3 is 6.03 Å². The summed E-state index contributed by atoms with van der Waals surface area (Å²) in [6.45, 7) is 3.71. The van der Waals surface area contributed by atoms with E-state index in [1.54, 1.807) is 6.20 Å². The topological polar surface area (TPSA) is 68.2 Å². The van der Waals surface area contributed by atoms with Crippen LogP contribution in [-0.2, 0) is 18.0 Å². The molecule has 0 aliphatic heterocycles. The Kier molecular flexibility index (Phi) is 5.78. The molecule has 21 heavy (non-hydrogen) atoms. The van der Waals surface area contributed by atoms with Crippen LogP contribution in [-0.4, -0.2) is 22.4 Å². The van der Waals surface area contributed by atoms with Gasteiger partial charge in [-0.15, -0.1) is 0 Å². The third-order valence-electron chi connectivity index (χ3n) is 2.92. The van der Waals surface area contributed by atoms with Crippen LogP contribution in [0.25, 0.3) is 0 Å². The Morgan fingerprint density at radius 3 is 2.86 bits per heavy atom. The number of urea groups is 1. The molecule has 2 rings (SSSR count). The van der Waals surface area contributed by atoms with Crippen LogP contribution in [0.15, 0.2) is 48.8 Å². The molecule has 1 unspecified atom stereocenters. The predicted octanol–water partition coefficient (Wildman–Crippen LogP) is 1.95. The molecule has 6 heteroatoms. The highest BCUT2D eigenvalue weighted by Gasteiger charge is 2.06. The number of hydrogen-bond acceptors (Lipinski definition) is 3. The number of nitrogens with one attached hydrogen (secondary N) is 2. The lowest BCUT2D eigenvalue weighted by Crippen LogP contribution is -2.38. The monoisotopic (exact) mass is 288 g/mol. The van der Waals surface area contributed by atoms with Crippen molar-refractivity contribution in [3.63, 3.8) is 0 Å². The third-order valence-corrected chi connectivity index (χ3v) is 2.92. The van der Waals surface area contributed by atoms with Crippen LogP contribution in [0.3, 0.4) is 0 Å². The zero-order valence-corrected chi connectivity index (χ0v) is 12.0. The Labute approximate surface area is 124 Å². The minimum absolute atomic E-state index is 0.282. The molecule has 2 amide bonds. The number of benzene rings is 1. The van der Waals surface area contributed by atoms with Gasteiger partial charge in [-0.3, -0.25) is 9.52 Å². The first kappa shape index (κ1) is 15.1. The Morgan fingerprint density at radius 1 is 1.33 bits per heavy atom. The summed E-state index contributed by atoms with van der Waals surface area (Å²) in [5.41, 5.74) is 3.38. The van der Waals surface area contributed by atoms with Gasteiger partial charge in [0.2, 0.25) is 0 Å². The molecule has 0 spiro atoms. The van der Waals surface area contributed by atoms with E-state index in [1.165, 1.54) is 0 Å². The number of amides is 2. The molecule has 0 saturated heterocycles. The van der Waals surface area contributed by atoms with E-state index in [2.05, 4.69) is 15.9 Å². The van der Waals surface area contributed by atoms with Gasteiger partial charge in [0.25, 0.3) is 0 Å². The van der Waals surface area contributed by atoms with Crippen LogP contribution >= 0.6 is 0 Å². The van der Waals surface area contributed by atoms with E-state index in [1.807, 2.05) is 54.2 Å². The van der Waals surface area contributed by atoms with Crippen molar-refractivity contribution in [3.05, 3.63) is 54.4 Å². The molecular weight excluding hydrogens is 268 g/mol. The highest BCUT2D eigenvalue weighted by molar-refractivity contribution is 5.72. The van der Waals surface area contributed by atoms with E-state index < -0.39 is 0 Å². The van der Waals surface area contributed by atoms with Crippen LogP contribution < -0.4 is 10.8 Å². The van der Waals surface area contributed by atoms with E-state index in [4.69, 9.17) is 4.84 Å². The molecule has 1 aromatic heterocycles. The second-order valence-electron chi connectivity index (χ2n) is 4.92. The number of hydrogen-bond donors (Lipinski definition) is 2. The number of carbonyl (C=O) groups excluding carboxylic acids is 1. The molecule has 0 bridgehead atoms. The zero-order valence-electron chi connectivity index (χ0n) is 12.0. The molecule has 0 aliphatic rings. The molecule has 1 aromatic carbocycles. The Hall–Kier alpha value is -2.34. The lowest BCUT2D eigenvalue weighted by molar-refractivity contribution is 0.0488. The average Bonchev–Trinajstić information content (AvgIpc) is 2.99. The number of rotatable bonds is 7. The van der Waals surface area contributed by atoms with E-state index in [0.717, 1.165) is 12.1 Å². The Morgan fingerprint density at radius 2 is 2.14 bits per heavy atom. The first-order valence-electron chi connectivity index (χ1n) is 6.91. The molecule has 1 atom stereocenters. The van der Waals surface area contributed by atoms with Crippen LogP contribution in [0, 0.1) is 5.92 Å². The van der Waals surface area contributed by atoms with Crippen molar-refractivity contribution in [1.82, 2.24) is 20.6 Å². The summed E-state index contributed by atoms with van der Waals surface area (Å²) in [7, 11) is 0. The first-order chi connectivity index (χ1) is 10.2. The first-order valence-corrected chi connectivity index (χ1v) is 6.91. The van der Waals surface area contributed by atoms with Gasteiger partial charge in [0, 0.05) is 25.5 Å². The summed E-state index contributed by atoms with van der Waals surface area (Å²) in [5.74, 6) is 0.282. The Balaban J connectivity index is 1.59. The van der Waals surface area contributed by atoms with Crippen LogP contribution in [0.5, 0.6) is 0 Å². The van der Waals surface area contributed by atoms with Crippen molar-refractivity contribution in [2.75, 3.05) is 6.54 Å². The van der Waals surface area contributed by atoms with Gasteiger partial charge in [-0.05, 0) is 17.5 Å². The van der Waals surface area contributed by atoms with Crippen LogP contribution in [0.4, 0.5) is 4.79 Å². The van der Waals surface area contributed by atoms with Crippen molar-refractivity contribution in [1.29, 1.82) is 0 Å². The normalized spacial score (nSPS) is 11.9. The summed E-state index contributed by atoms with van der Waals surface area (Å²) in [6, 6.07) is 11.2. The van der Waals surface area contributed by atoms with E-state index in [0.29, 0.717) is 13.2 Å². The number of nitrogens with zero attached hydrogens (tertiary/aromatic N) is 2. The number of hydroxylamine groups is 1. The standard InChI is InChI=1S/C15H20N4O2/c1-13(11-19-9-5-8-17-19)10-16-15(20)18-21-12-14-6-3-2-4-7-14/h2-9,13H,10-12H2,1H3,(H2,16,18,20). The maximum atomic E-state index is 11.6. The quantitative estimate of drug-likeness (QED) is 0.765. The molecule has 6 nitrogen and oxygen atoms in total. The minimum atomic E-state index is -0.335. The third kappa shape index (κ3) is 5.66. The molecular formula is C15H20N4O2. The van der Waals surface area contributed by atoms with Crippen molar-refractivity contribution in [3.8, 4) is 0 Å². The van der Waals surface area contributed by atoms with Crippen molar-refractivity contribution < 1.29 is 9.63 Å². The van der Waals surface area contributed by atoms with E-state index in [-0.39, 0.29) is 11.9 Å². The maximum absolute atomic E-state index is 11.6. The van der Waals surface area contributed by atoms with Crippen molar-refractivity contribution in [2.24, 2.45) is 5.92 Å². The Bertz CT molecular complexity index is 528. The summed E-state index contributed by atoms with van der Waals surface area (Å²) in [6.07, 6.45) is 3.64. The summed E-state index contributed by atoms with van der Waals surface area (Å²) >= 11 is 0. The fourth-order valence-electron chi connectivity index (χ4n) is 1.85. The van der Waals surface area contributed by atoms with Gasteiger partial charge in [0.1, 0.15) is 0 Å². The molecule has 1 heterocycles. The highest BCUT2D eigenvalue weighted by atomic mass is 16.7. The summed E-state index contributed by atoms with van der Waals surface area (Å²) < 4.78 is 1.84. The molecule has 0 saturated carbocycles. The van der Waals surface area contributed by atoms with Gasteiger partial charge in [0.15, 0.2) is 0 Å². The number of aromatic nitrogens is 2. The van der Waals surface area contributed by atoms with Gasteiger partial charge < -0.3 is 5.32 Å². The second kappa shape index (κ2) is 8.06. The molecule has 0 radical (unpaired) electrons. The van der Waals surface area contributed by atoms with Gasteiger partial charge in [-0.25, -0.2) is 10.3 Å². The molecule has 0 fully saturated rings. The average molecular weight is 288 g/mol. The largest absolute Gasteiger partial charge is 0.338 e. The zero-order chi connectivity index (χ0) is 14.9. The van der Waals surface area contributed by atoms with E-state index in [9.17, 15) is 4.79 Å². The summed E-state index contributed by atoms with van der Waals surface area (Å²) in [5, 5.41) is 6.90. The highest BCUT2D eigenvalue weighted by Crippen LogP contribution is 1.99. The van der Waals surface area contributed by atoms with Crippen LogP contribution in [0.2, 0.25) is 0 Å². The van der Waals surface area contributed by atoms with Crippen molar-refractivity contribution in [2.45, 2.75) is 20.1 Å². The lowest BCUT2D eigenvalue weighted by atomic mass is 10.2. The predicted molar refractivity (Wildman–Crippen MR) is 79.2 cm³/mol. The smallest absolute Gasteiger partial charge is 0.336 e. The van der Waals surface area contributed by atoms with Crippen LogP contribution in [0.1, 0.15) is 12.5 Å². The van der Waals surface area contributed by atoms with Gasteiger partial charge in [-0.2, -0.15) is 5.10 Å². The fraction of sp³-hybridized carbons (Fsp3) is 0.333. The molecule has 112 valence electrons. The second-order valence-corrected chi connectivity index (χ2v) is 4.92. The SMILES string of the molecule is CC(CNC(=O)NOCc1ccccc1)Cn1cccn1. The lowest BCUT2D eigenvalue weighted by Gasteiger charge is -2.13. The fourth-order valence-corrected chi connectivity index (χ4v) is 1.85. The number of carbonyl (C=O) groups is 1. The van der Waals surface area contributed by atoms with Gasteiger partial charge in [-0.1, -0.05) is 37.3 Å². The van der Waals surface area contributed by atoms with Gasteiger partial charge in [0.05, 0.1) is 6.61 Å².